The normalized spacial score (nSPS) is 12.5. The fourth-order valence-corrected chi connectivity index (χ4v) is 2.52. The van der Waals surface area contributed by atoms with Gasteiger partial charge in [-0.2, -0.15) is 0 Å². The van der Waals surface area contributed by atoms with E-state index in [4.69, 9.17) is 15.0 Å². The maximum Gasteiger partial charge on any atom is 0.163 e. The van der Waals surface area contributed by atoms with Crippen LogP contribution in [0.5, 0.6) is 0 Å². The minimum Gasteiger partial charge on any atom is -0.218 e. The number of hydrogen-bond acceptors (Lipinski definition) is 3. The lowest BCUT2D eigenvalue weighted by Crippen LogP contribution is -2.18. The third kappa shape index (κ3) is 5.42. The zero-order valence-electron chi connectivity index (χ0n) is 15.6. The van der Waals surface area contributed by atoms with Gasteiger partial charge in [0.05, 0.1) is 0 Å². The van der Waals surface area contributed by atoms with E-state index in [1.165, 1.54) is 5.56 Å². The molecule has 0 radical (unpaired) electrons. The molecule has 3 nitrogen and oxygen atoms in total. The van der Waals surface area contributed by atoms with Crippen LogP contribution in [0.2, 0.25) is 0 Å². The average Bonchev–Trinajstić information content (AvgIpc) is 2.34. The average molecular weight is 311 g/mol. The van der Waals surface area contributed by atoms with Crippen LogP contribution in [0.1, 0.15) is 58.8 Å². The topological polar surface area (TPSA) is 38.7 Å². The summed E-state index contributed by atoms with van der Waals surface area (Å²) < 4.78 is 0. The number of nitrogens with zero attached hydrogens (tertiary/aromatic N) is 3. The lowest BCUT2D eigenvalue weighted by atomic mass is 9.91. The van der Waals surface area contributed by atoms with Gasteiger partial charge in [0.25, 0.3) is 0 Å². The number of rotatable bonds is 3. The van der Waals surface area contributed by atoms with Crippen molar-refractivity contribution in [2.75, 3.05) is 0 Å². The van der Waals surface area contributed by atoms with Crippen molar-refractivity contribution in [2.45, 2.75) is 61.3 Å². The van der Waals surface area contributed by atoms with E-state index >= 15 is 0 Å². The molecule has 0 spiro atoms. The molecule has 2 rings (SSSR count). The highest BCUT2D eigenvalue weighted by molar-refractivity contribution is 5.59. The molecule has 0 bridgehead atoms. The molecule has 1 heterocycles. The maximum absolute atomic E-state index is 4.76. The van der Waals surface area contributed by atoms with Crippen molar-refractivity contribution in [2.24, 2.45) is 10.8 Å². The highest BCUT2D eigenvalue weighted by atomic mass is 15.0. The van der Waals surface area contributed by atoms with Crippen molar-refractivity contribution >= 4 is 0 Å². The van der Waals surface area contributed by atoms with Crippen LogP contribution in [0, 0.1) is 17.8 Å². The monoisotopic (exact) mass is 311 g/mol. The summed E-state index contributed by atoms with van der Waals surface area (Å²) >= 11 is 0. The molecule has 23 heavy (non-hydrogen) atoms. The summed E-state index contributed by atoms with van der Waals surface area (Å²) in [5.41, 5.74) is 2.61. The standard InChI is InChI=1S/C20H29N3/c1-14-10-8-9-11-15(14)18-22-16(12-19(2,3)4)21-17(23-18)13-20(5,6)7/h8-11H,12-13H2,1-7H3. The van der Waals surface area contributed by atoms with Crippen LogP contribution in [-0.4, -0.2) is 15.0 Å². The molecule has 124 valence electrons. The molecule has 0 saturated carbocycles. The lowest BCUT2D eigenvalue weighted by Gasteiger charge is -2.20. The second kappa shape index (κ2) is 6.38. The Labute approximate surface area is 140 Å². The van der Waals surface area contributed by atoms with E-state index in [1.54, 1.807) is 0 Å². The third-order valence-corrected chi connectivity index (χ3v) is 3.49. The van der Waals surface area contributed by atoms with Gasteiger partial charge < -0.3 is 0 Å². The van der Waals surface area contributed by atoms with E-state index in [9.17, 15) is 0 Å². The van der Waals surface area contributed by atoms with Gasteiger partial charge in [-0.1, -0.05) is 65.8 Å². The fraction of sp³-hybridized carbons (Fsp3) is 0.550. The first kappa shape index (κ1) is 17.6. The van der Waals surface area contributed by atoms with Crippen molar-refractivity contribution in [3.63, 3.8) is 0 Å². The fourth-order valence-electron chi connectivity index (χ4n) is 2.52. The summed E-state index contributed by atoms with van der Waals surface area (Å²) in [5.74, 6) is 2.59. The number of aromatic nitrogens is 3. The Morgan fingerprint density at radius 2 is 1.22 bits per heavy atom. The summed E-state index contributed by atoms with van der Waals surface area (Å²) in [6, 6.07) is 8.28. The molecule has 0 fully saturated rings. The van der Waals surface area contributed by atoms with Crippen LogP contribution in [0.25, 0.3) is 11.4 Å². The highest BCUT2D eigenvalue weighted by Gasteiger charge is 2.19. The summed E-state index contributed by atoms with van der Waals surface area (Å²) in [6.07, 6.45) is 1.71. The van der Waals surface area contributed by atoms with Crippen LogP contribution in [0.4, 0.5) is 0 Å². The van der Waals surface area contributed by atoms with Gasteiger partial charge in [-0.25, -0.2) is 15.0 Å². The van der Waals surface area contributed by atoms with Gasteiger partial charge in [0.2, 0.25) is 0 Å². The summed E-state index contributed by atoms with van der Waals surface area (Å²) in [5, 5.41) is 0. The minimum absolute atomic E-state index is 0.156. The molecule has 0 unspecified atom stereocenters. The predicted molar refractivity (Wildman–Crippen MR) is 96.3 cm³/mol. The molecule has 1 aromatic heterocycles. The second-order valence-electron chi connectivity index (χ2n) is 8.78. The van der Waals surface area contributed by atoms with Crippen LogP contribution < -0.4 is 0 Å². The van der Waals surface area contributed by atoms with E-state index in [1.807, 2.05) is 12.1 Å². The molecule has 0 N–H and O–H groups in total. The van der Waals surface area contributed by atoms with E-state index in [-0.39, 0.29) is 10.8 Å². The Balaban J connectivity index is 2.51. The SMILES string of the molecule is Cc1ccccc1-c1nc(CC(C)(C)C)nc(CC(C)(C)C)n1. The van der Waals surface area contributed by atoms with Gasteiger partial charge in [-0.15, -0.1) is 0 Å². The maximum atomic E-state index is 4.76. The Hall–Kier alpha value is -1.77. The van der Waals surface area contributed by atoms with Gasteiger partial charge in [0.1, 0.15) is 11.6 Å². The van der Waals surface area contributed by atoms with E-state index in [2.05, 4.69) is 60.6 Å². The Morgan fingerprint density at radius 3 is 1.65 bits per heavy atom. The number of aryl methyl sites for hydroxylation is 1. The number of hydrogen-bond donors (Lipinski definition) is 0. The molecule has 0 aliphatic carbocycles. The number of benzene rings is 1. The van der Waals surface area contributed by atoms with Crippen molar-refractivity contribution in [1.82, 2.24) is 15.0 Å². The molecule has 3 heteroatoms. The summed E-state index contributed by atoms with van der Waals surface area (Å²) in [6.45, 7) is 15.4. The lowest BCUT2D eigenvalue weighted by molar-refractivity contribution is 0.387. The van der Waals surface area contributed by atoms with Gasteiger partial charge >= 0.3 is 0 Å². The first-order valence-corrected chi connectivity index (χ1v) is 8.33. The molecule has 1 aromatic carbocycles. The molecular weight excluding hydrogens is 282 g/mol. The molecule has 2 aromatic rings. The first-order valence-electron chi connectivity index (χ1n) is 8.33. The molecule has 0 aliphatic rings. The largest absolute Gasteiger partial charge is 0.218 e. The van der Waals surface area contributed by atoms with Gasteiger partial charge in [-0.05, 0) is 23.3 Å². The molecule has 0 aliphatic heterocycles. The van der Waals surface area contributed by atoms with Crippen molar-refractivity contribution < 1.29 is 0 Å². The zero-order valence-corrected chi connectivity index (χ0v) is 15.6. The predicted octanol–water partition coefficient (Wildman–Crippen LogP) is 5.02. The molecular formula is C20H29N3. The van der Waals surface area contributed by atoms with E-state index in [0.717, 1.165) is 35.9 Å². The van der Waals surface area contributed by atoms with Crippen molar-refractivity contribution in [1.29, 1.82) is 0 Å². The molecule has 0 saturated heterocycles. The zero-order chi connectivity index (χ0) is 17.3. The summed E-state index contributed by atoms with van der Waals surface area (Å²) in [7, 11) is 0. The Morgan fingerprint density at radius 1 is 0.739 bits per heavy atom. The van der Waals surface area contributed by atoms with E-state index < -0.39 is 0 Å². The van der Waals surface area contributed by atoms with Crippen LogP contribution >= 0.6 is 0 Å². The quantitative estimate of drug-likeness (QED) is 0.798. The summed E-state index contributed by atoms with van der Waals surface area (Å²) in [4.78, 5) is 14.3. The van der Waals surface area contributed by atoms with Crippen LogP contribution in [0.15, 0.2) is 24.3 Å². The smallest absolute Gasteiger partial charge is 0.163 e. The van der Waals surface area contributed by atoms with E-state index in [0.29, 0.717) is 0 Å². The minimum atomic E-state index is 0.156. The Kier molecular flexibility index (Phi) is 4.88. The molecule has 0 amide bonds. The van der Waals surface area contributed by atoms with Gasteiger partial charge in [-0.3, -0.25) is 0 Å². The highest BCUT2D eigenvalue weighted by Crippen LogP contribution is 2.25. The van der Waals surface area contributed by atoms with Crippen molar-refractivity contribution in [3.05, 3.63) is 41.5 Å². The second-order valence-corrected chi connectivity index (χ2v) is 8.78. The molecule has 0 atom stereocenters. The Bertz CT molecular complexity index is 642. The van der Waals surface area contributed by atoms with Gasteiger partial charge in [0, 0.05) is 18.4 Å². The third-order valence-electron chi connectivity index (χ3n) is 3.49. The van der Waals surface area contributed by atoms with Crippen LogP contribution in [-0.2, 0) is 12.8 Å². The van der Waals surface area contributed by atoms with Gasteiger partial charge in [0.15, 0.2) is 5.82 Å². The van der Waals surface area contributed by atoms with Crippen molar-refractivity contribution in [3.8, 4) is 11.4 Å². The van der Waals surface area contributed by atoms with Crippen LogP contribution in [0.3, 0.4) is 0 Å². The first-order chi connectivity index (χ1) is 10.5.